The summed E-state index contributed by atoms with van der Waals surface area (Å²) in [4.78, 5) is 157. The summed E-state index contributed by atoms with van der Waals surface area (Å²) in [6.45, 7) is 12.8. The van der Waals surface area contributed by atoms with E-state index in [9.17, 15) is 57.5 Å². The van der Waals surface area contributed by atoms with Gasteiger partial charge in [0.15, 0.2) is 61.6 Å². The van der Waals surface area contributed by atoms with Crippen molar-refractivity contribution in [2.45, 2.75) is 374 Å². The maximum atomic E-state index is 14.1. The Bertz CT molecular complexity index is 2710. The topological polar surface area (TPSA) is 374 Å². The van der Waals surface area contributed by atoms with Crippen molar-refractivity contribution in [1.82, 2.24) is 5.32 Å². The number of carbonyl (C=O) groups excluding carboxylic acids is 12. The molecule has 0 aromatic rings. The molecule has 30 nitrogen and oxygen atoms in total. The van der Waals surface area contributed by atoms with Crippen molar-refractivity contribution in [3.05, 3.63) is 12.2 Å². The van der Waals surface area contributed by atoms with Gasteiger partial charge in [-0.3, -0.25) is 57.5 Å². The van der Waals surface area contributed by atoms with Gasteiger partial charge in [-0.05, 0) is 25.3 Å². The van der Waals surface area contributed by atoms with Crippen molar-refractivity contribution in [3.63, 3.8) is 0 Å². The molecule has 0 bridgehead atoms. The summed E-state index contributed by atoms with van der Waals surface area (Å²) >= 11 is 0. The fraction of sp³-hybridized carbons (Fsp3) is 0.816. The summed E-state index contributed by atoms with van der Waals surface area (Å²) in [5, 5.41) is 2.99. The molecule has 17 atom stereocenters. The zero-order valence-corrected chi connectivity index (χ0v) is 64.9. The molecule has 0 unspecified atom stereocenters. The average Bonchev–Trinajstić information content (AvgIpc) is 0.764. The van der Waals surface area contributed by atoms with E-state index < -0.39 is 196 Å². The maximum Gasteiger partial charge on any atom is 0.303 e. The van der Waals surface area contributed by atoms with Gasteiger partial charge in [0.1, 0.15) is 56.4 Å². The fourth-order valence-corrected chi connectivity index (χ4v) is 12.8. The van der Waals surface area contributed by atoms with Crippen LogP contribution in [0.25, 0.3) is 0 Å². The van der Waals surface area contributed by atoms with E-state index >= 15 is 0 Å². The van der Waals surface area contributed by atoms with Gasteiger partial charge in [0.05, 0.1) is 12.6 Å². The van der Waals surface area contributed by atoms with Crippen LogP contribution in [-0.4, -0.2) is 202 Å². The van der Waals surface area contributed by atoms with E-state index in [-0.39, 0.29) is 12.3 Å². The minimum absolute atomic E-state index is 0.110. The molecule has 3 saturated heterocycles. The molecule has 0 aromatic heterocycles. The maximum absolute atomic E-state index is 14.1. The quantitative estimate of drug-likeness (QED) is 0.0256. The summed E-state index contributed by atoms with van der Waals surface area (Å²) < 4.78 is 101. The Morgan fingerprint density at radius 3 is 0.962 bits per heavy atom. The van der Waals surface area contributed by atoms with Crippen LogP contribution in [0.15, 0.2) is 12.2 Å². The van der Waals surface area contributed by atoms with Crippen LogP contribution in [0, 0.1) is 0 Å². The van der Waals surface area contributed by atoms with Crippen molar-refractivity contribution < 1.29 is 138 Å². The zero-order chi connectivity index (χ0) is 78.5. The third-order valence-corrected chi connectivity index (χ3v) is 17.6. The Kier molecular flexibility index (Phi) is 46.7. The Hall–Kier alpha value is -6.86. The first-order chi connectivity index (χ1) is 50.5. The van der Waals surface area contributed by atoms with Gasteiger partial charge < -0.3 is 85.8 Å². The normalized spacial score (nSPS) is 24.8. The molecule has 1 amide bonds. The predicted octanol–water partition coefficient (Wildman–Crippen LogP) is 10.1. The number of carbonyl (C=O) groups is 12. The molecule has 3 fully saturated rings. The van der Waals surface area contributed by atoms with Crippen molar-refractivity contribution in [3.8, 4) is 0 Å². The first-order valence-corrected chi connectivity index (χ1v) is 38.2. The largest absolute Gasteiger partial charge is 0.463 e. The SMILES string of the molecule is CCCCCCCCCCCCC/C=C/[C@@H](OC(C)=O)[C@H](CO[C@@H]1O[C@H](COC(C)=O)[C@@H](O[C@@H]2O[C@H](COC(C)=O)[C@H](O[C@H]3O[C@H](COC(C)=O)[C@H](OC(C)=O)[C@H](OC(C)=O)[C@H]3OC(C)=O)[C@H](OC(C)=O)[C@H]2OC(C)=O)[C@H](OC(C)=O)[C@H]1OC(C)=O)NC(=O)CCCCCCCCCCCCCCCCC. The van der Waals surface area contributed by atoms with Gasteiger partial charge in [-0.25, -0.2) is 0 Å². The highest BCUT2D eigenvalue weighted by atomic mass is 16.8. The summed E-state index contributed by atoms with van der Waals surface area (Å²) in [6, 6.07) is -1.15. The van der Waals surface area contributed by atoms with Gasteiger partial charge in [0.2, 0.25) is 5.91 Å². The summed E-state index contributed by atoms with van der Waals surface area (Å²) in [6.07, 6.45) is 4.62. The van der Waals surface area contributed by atoms with E-state index in [1.54, 1.807) is 6.08 Å². The number of rotatable bonds is 52. The van der Waals surface area contributed by atoms with Crippen LogP contribution in [0.4, 0.5) is 0 Å². The molecular formula is C76H123NO29. The third kappa shape index (κ3) is 38.3. The molecule has 3 aliphatic rings. The van der Waals surface area contributed by atoms with Crippen LogP contribution in [0.2, 0.25) is 0 Å². The summed E-state index contributed by atoms with van der Waals surface area (Å²) in [5.41, 5.74) is 0. The lowest BCUT2D eigenvalue weighted by Gasteiger charge is -2.50. The van der Waals surface area contributed by atoms with Crippen molar-refractivity contribution in [2.24, 2.45) is 0 Å². The number of esters is 11. The van der Waals surface area contributed by atoms with Gasteiger partial charge in [-0.2, -0.15) is 0 Å². The van der Waals surface area contributed by atoms with Gasteiger partial charge in [-0.15, -0.1) is 0 Å². The predicted molar refractivity (Wildman–Crippen MR) is 378 cm³/mol. The molecule has 3 rings (SSSR count). The molecule has 1 N–H and O–H groups in total. The van der Waals surface area contributed by atoms with Crippen LogP contribution >= 0.6 is 0 Å². The van der Waals surface area contributed by atoms with Crippen LogP contribution < -0.4 is 5.32 Å². The molecular weight excluding hydrogens is 1390 g/mol. The fourth-order valence-electron chi connectivity index (χ4n) is 12.8. The number of amides is 1. The molecule has 0 radical (unpaired) electrons. The van der Waals surface area contributed by atoms with E-state index in [0.717, 1.165) is 133 Å². The second-order valence-corrected chi connectivity index (χ2v) is 27.3. The molecule has 0 saturated carbocycles. The third-order valence-electron chi connectivity index (χ3n) is 17.6. The standard InChI is InChI=1S/C76H123NO29/c1-14-16-18-20-22-24-26-28-29-31-33-35-37-39-41-43-64(89)77-59(60(94-51(6)81)42-40-38-36-34-32-30-27-25-23-21-19-17-15-2)44-93-74-71(99-56(11)86)69(97-54(9)84)66(62(102-74)46-91-49(4)79)105-76-73(101-58(13)88)70(98-55(10)85)67(63(104-76)47-92-50(5)80)106-75-72(100-57(12)87)68(96-53(8)83)65(95-52(7)82)61(103-75)45-90-48(3)78/h40,42,59-63,65-76H,14-39,41,43-47H2,1-13H3,(H,77,89)/b42-40+/t59-,60+,61+,62+,63+,65-,66+,67-,68-,69-,70-,71+,72+,73+,74+,75+,76-/m0/s1. The lowest BCUT2D eigenvalue weighted by Crippen LogP contribution is -2.69. The van der Waals surface area contributed by atoms with Crippen LogP contribution in [0.5, 0.6) is 0 Å². The Morgan fingerprint density at radius 1 is 0.330 bits per heavy atom. The first-order valence-electron chi connectivity index (χ1n) is 38.2. The minimum Gasteiger partial charge on any atom is -0.463 e. The van der Waals surface area contributed by atoms with Crippen LogP contribution in [0.3, 0.4) is 0 Å². The van der Waals surface area contributed by atoms with E-state index in [0.29, 0.717) is 12.8 Å². The highest BCUT2D eigenvalue weighted by Crippen LogP contribution is 2.39. The molecule has 3 heterocycles. The second kappa shape index (κ2) is 53.0. The summed E-state index contributed by atoms with van der Waals surface area (Å²) in [7, 11) is 0. The number of ether oxygens (including phenoxy) is 17. The van der Waals surface area contributed by atoms with Gasteiger partial charge in [0, 0.05) is 82.6 Å². The van der Waals surface area contributed by atoms with E-state index in [1.165, 1.54) is 103 Å². The minimum atomic E-state index is -2.11. The summed E-state index contributed by atoms with van der Waals surface area (Å²) in [5.74, 6) is -10.9. The number of allylic oxidation sites excluding steroid dienone is 1. The van der Waals surface area contributed by atoms with E-state index in [2.05, 4.69) is 19.2 Å². The van der Waals surface area contributed by atoms with Gasteiger partial charge in [-0.1, -0.05) is 174 Å². The average molecular weight is 1510 g/mol. The number of nitrogens with one attached hydrogen (secondary N) is 1. The molecule has 0 aliphatic carbocycles. The lowest BCUT2D eigenvalue weighted by molar-refractivity contribution is -0.380. The van der Waals surface area contributed by atoms with E-state index in [4.69, 9.17) is 80.5 Å². The Labute approximate surface area is 625 Å². The lowest BCUT2D eigenvalue weighted by atomic mass is 9.95. The van der Waals surface area contributed by atoms with Crippen molar-refractivity contribution in [1.29, 1.82) is 0 Å². The van der Waals surface area contributed by atoms with Crippen molar-refractivity contribution >= 4 is 71.6 Å². The van der Waals surface area contributed by atoms with Crippen LogP contribution in [0.1, 0.15) is 270 Å². The smallest absolute Gasteiger partial charge is 0.303 e. The van der Waals surface area contributed by atoms with Gasteiger partial charge in [0.25, 0.3) is 0 Å². The number of hydrogen-bond donors (Lipinski definition) is 1. The second-order valence-electron chi connectivity index (χ2n) is 27.3. The van der Waals surface area contributed by atoms with Gasteiger partial charge >= 0.3 is 65.7 Å². The highest BCUT2D eigenvalue weighted by Gasteiger charge is 2.60. The molecule has 0 aromatic carbocycles. The molecule has 0 spiro atoms. The Morgan fingerprint density at radius 2 is 0.623 bits per heavy atom. The molecule has 606 valence electrons. The number of hydrogen-bond acceptors (Lipinski definition) is 29. The zero-order valence-electron chi connectivity index (χ0n) is 64.9. The van der Waals surface area contributed by atoms with Crippen molar-refractivity contribution in [2.75, 3.05) is 26.4 Å². The monoisotopic (exact) mass is 1510 g/mol. The molecule has 3 aliphatic heterocycles. The molecule has 106 heavy (non-hydrogen) atoms. The molecule has 30 heteroatoms. The number of unbranched alkanes of at least 4 members (excludes halogenated alkanes) is 25. The van der Waals surface area contributed by atoms with Crippen LogP contribution in [-0.2, 0) is 138 Å². The van der Waals surface area contributed by atoms with E-state index in [1.807, 2.05) is 6.08 Å². The Balaban J connectivity index is 2.14. The highest BCUT2D eigenvalue weighted by molar-refractivity contribution is 5.76. The first kappa shape index (κ1) is 93.3.